The van der Waals surface area contributed by atoms with Crippen LogP contribution in [0.4, 0.5) is 0 Å². The maximum absolute atomic E-state index is 13.8. The van der Waals surface area contributed by atoms with E-state index in [0.717, 1.165) is 11.1 Å². The molecule has 9 heteroatoms. The Morgan fingerprint density at radius 3 is 2.59 bits per heavy atom. The van der Waals surface area contributed by atoms with Crippen molar-refractivity contribution in [2.24, 2.45) is 17.8 Å². The van der Waals surface area contributed by atoms with Gasteiger partial charge in [0, 0.05) is 18.3 Å². The fourth-order valence-electron chi connectivity index (χ4n) is 8.71. The first-order chi connectivity index (χ1) is 21.9. The fourth-order valence-corrected chi connectivity index (χ4v) is 8.71. The predicted octanol–water partition coefficient (Wildman–Crippen LogP) is 4.74. The summed E-state index contributed by atoms with van der Waals surface area (Å²) in [6.07, 6.45) is 4.13. The molecule has 2 N–H and O–H groups in total. The average Bonchev–Trinajstić information content (AvgIpc) is 3.32. The molecule has 3 fully saturated rings. The topological polar surface area (TPSA) is 121 Å². The number of carbonyl (C=O) groups excluding carboxylic acids is 2. The molecular weight excluding hydrogens is 588 g/mol. The van der Waals surface area contributed by atoms with Gasteiger partial charge in [-0.3, -0.25) is 9.59 Å². The summed E-state index contributed by atoms with van der Waals surface area (Å²) in [5.74, 6) is -3.37. The number of aliphatic hydroxyl groups is 1. The molecule has 0 radical (unpaired) electrons. The van der Waals surface area contributed by atoms with Gasteiger partial charge in [-0.15, -0.1) is 0 Å². The Labute approximate surface area is 268 Å². The van der Waals surface area contributed by atoms with Gasteiger partial charge in [0.25, 0.3) is 5.97 Å². The van der Waals surface area contributed by atoms with Crippen molar-refractivity contribution in [3.05, 3.63) is 95.1 Å². The van der Waals surface area contributed by atoms with Crippen molar-refractivity contribution >= 4 is 11.8 Å². The molecular formula is C37H40O9. The zero-order valence-electron chi connectivity index (χ0n) is 26.6. The molecule has 5 aliphatic rings. The molecule has 2 heterocycles. The third-order valence-corrected chi connectivity index (χ3v) is 10.7. The van der Waals surface area contributed by atoms with Crippen molar-refractivity contribution in [2.45, 2.75) is 75.3 Å². The SMILES string of the molecule is C=C(C)[C@]12C[C@@H](C)[C@@]34O[C@@](Cc5ccccc5)(O[C@@H]1C3C=C(COC(=O)Cc1ccc(O)c(OC)c1)C[C@]1(O)C(=O)C(C)=C[C@@H]41)O2. The van der Waals surface area contributed by atoms with Crippen molar-refractivity contribution in [1.82, 2.24) is 0 Å². The van der Waals surface area contributed by atoms with Crippen molar-refractivity contribution in [1.29, 1.82) is 0 Å². The minimum absolute atomic E-state index is 0.0156. The number of methoxy groups -OCH3 is 1. The molecule has 2 aliphatic heterocycles. The monoisotopic (exact) mass is 628 g/mol. The number of Topliss-reactive ketones (excluding diaryl/α,β-unsaturated/α-hetero) is 1. The Balaban J connectivity index is 1.27. The highest BCUT2D eigenvalue weighted by Gasteiger charge is 2.79. The first-order valence-electron chi connectivity index (χ1n) is 15.8. The lowest BCUT2D eigenvalue weighted by molar-refractivity contribution is -0.421. The quantitative estimate of drug-likeness (QED) is 0.315. The van der Waals surface area contributed by atoms with Crippen LogP contribution in [0.25, 0.3) is 0 Å². The first kappa shape index (κ1) is 30.9. The lowest BCUT2D eigenvalue weighted by Crippen LogP contribution is -2.70. The van der Waals surface area contributed by atoms with Gasteiger partial charge in [-0.2, -0.15) is 0 Å². The van der Waals surface area contributed by atoms with Gasteiger partial charge >= 0.3 is 5.97 Å². The summed E-state index contributed by atoms with van der Waals surface area (Å²) in [4.78, 5) is 26.8. The van der Waals surface area contributed by atoms with Crippen LogP contribution in [0.1, 0.15) is 44.7 Å². The minimum atomic E-state index is -1.80. The second kappa shape index (κ2) is 10.6. The Bertz CT molecular complexity index is 1680. The standard InChI is InChI=1S/C37H40O9/c1-21(2)35-17-23(4)37-27(33(35)44-36(45-35,46-37)19-24-9-7-6-8-10-24)14-26(18-34(41)30(37)13-22(3)32(34)40)20-43-31(39)16-25-11-12-28(38)29(15-25)42-5/h6-15,23,27,30,33,38,41H,1,16-20H2,2-5H3/t23-,27?,30-,33-,34-,35-,36+,37-/m1/s1. The van der Waals surface area contributed by atoms with Crippen LogP contribution in [0.3, 0.4) is 0 Å². The smallest absolute Gasteiger partial charge is 0.310 e. The normalized spacial score (nSPS) is 37.1. The number of fused-ring (bicyclic) bond motifs is 2. The highest BCUT2D eigenvalue weighted by atomic mass is 16.9. The van der Waals surface area contributed by atoms with Crippen molar-refractivity contribution in [3.8, 4) is 11.5 Å². The summed E-state index contributed by atoms with van der Waals surface area (Å²) in [6.45, 7) is 9.98. The van der Waals surface area contributed by atoms with Crippen molar-refractivity contribution in [3.63, 3.8) is 0 Å². The Kier molecular flexibility index (Phi) is 7.14. The Morgan fingerprint density at radius 1 is 1.11 bits per heavy atom. The number of hydrogen-bond donors (Lipinski definition) is 2. The summed E-state index contributed by atoms with van der Waals surface area (Å²) in [6, 6.07) is 14.5. The number of rotatable bonds is 8. The third kappa shape index (κ3) is 4.43. The van der Waals surface area contributed by atoms with Gasteiger partial charge in [0.05, 0.1) is 25.6 Å². The number of phenolic OH excluding ortho intramolecular Hbond substituents is 1. The highest BCUT2D eigenvalue weighted by Crippen LogP contribution is 2.68. The zero-order valence-corrected chi connectivity index (χ0v) is 26.6. The Morgan fingerprint density at radius 2 is 1.87 bits per heavy atom. The molecule has 242 valence electrons. The summed E-state index contributed by atoms with van der Waals surface area (Å²) >= 11 is 0. The number of phenols is 1. The van der Waals surface area contributed by atoms with E-state index in [2.05, 4.69) is 13.5 Å². The summed E-state index contributed by atoms with van der Waals surface area (Å²) < 4.78 is 31.8. The van der Waals surface area contributed by atoms with E-state index >= 15 is 0 Å². The average molecular weight is 629 g/mol. The molecule has 3 bridgehead atoms. The van der Waals surface area contributed by atoms with Crippen molar-refractivity contribution in [2.75, 3.05) is 13.7 Å². The number of ketones is 1. The minimum Gasteiger partial charge on any atom is -0.504 e. The van der Waals surface area contributed by atoms with E-state index in [-0.39, 0.29) is 42.6 Å². The number of hydrogen-bond acceptors (Lipinski definition) is 9. The second-order valence-corrected chi connectivity index (χ2v) is 13.7. The molecule has 2 saturated heterocycles. The van der Waals surface area contributed by atoms with Gasteiger partial charge in [0.1, 0.15) is 23.9 Å². The fraction of sp³-hybridized carbons (Fsp3) is 0.459. The van der Waals surface area contributed by atoms with Crippen LogP contribution in [-0.4, -0.2) is 64.6 Å². The van der Waals surface area contributed by atoms with Gasteiger partial charge < -0.3 is 33.9 Å². The molecule has 0 aromatic heterocycles. The Hall–Kier alpha value is -3.76. The molecule has 2 aromatic rings. The molecule has 46 heavy (non-hydrogen) atoms. The molecule has 9 nitrogen and oxygen atoms in total. The largest absolute Gasteiger partial charge is 0.504 e. The molecule has 3 aliphatic carbocycles. The number of carbonyl (C=O) groups is 2. The predicted molar refractivity (Wildman–Crippen MR) is 167 cm³/mol. The van der Waals surface area contributed by atoms with Crippen LogP contribution in [0.15, 0.2) is 84.0 Å². The number of esters is 1. The van der Waals surface area contributed by atoms with E-state index in [1.807, 2.05) is 49.4 Å². The van der Waals surface area contributed by atoms with Crippen LogP contribution in [-0.2, 0) is 41.4 Å². The molecule has 7 rings (SSSR count). The third-order valence-electron chi connectivity index (χ3n) is 10.7. The summed E-state index contributed by atoms with van der Waals surface area (Å²) in [7, 11) is 1.44. The molecule has 8 atom stereocenters. The maximum atomic E-state index is 13.8. The van der Waals surface area contributed by atoms with E-state index in [0.29, 0.717) is 29.6 Å². The van der Waals surface area contributed by atoms with Gasteiger partial charge in [0.15, 0.2) is 17.3 Å². The first-order valence-corrected chi connectivity index (χ1v) is 15.8. The van der Waals surface area contributed by atoms with E-state index in [4.69, 9.17) is 23.7 Å². The van der Waals surface area contributed by atoms with Crippen LogP contribution < -0.4 is 4.74 Å². The van der Waals surface area contributed by atoms with E-state index < -0.39 is 46.7 Å². The van der Waals surface area contributed by atoms with Gasteiger partial charge in [-0.05, 0) is 66.2 Å². The lowest BCUT2D eigenvalue weighted by Gasteiger charge is -2.59. The summed E-state index contributed by atoms with van der Waals surface area (Å²) in [5.41, 5.74) is -0.241. The van der Waals surface area contributed by atoms with Gasteiger partial charge in [0.2, 0.25) is 0 Å². The molecule has 1 saturated carbocycles. The summed E-state index contributed by atoms with van der Waals surface area (Å²) in [5, 5.41) is 22.3. The number of benzene rings is 2. The van der Waals surface area contributed by atoms with Crippen LogP contribution >= 0.6 is 0 Å². The second-order valence-electron chi connectivity index (χ2n) is 13.7. The van der Waals surface area contributed by atoms with E-state index in [9.17, 15) is 19.8 Å². The molecule has 2 aromatic carbocycles. The number of aromatic hydroxyl groups is 1. The maximum Gasteiger partial charge on any atom is 0.310 e. The van der Waals surface area contributed by atoms with Crippen LogP contribution in [0.2, 0.25) is 0 Å². The molecule has 1 unspecified atom stereocenters. The van der Waals surface area contributed by atoms with Crippen LogP contribution in [0, 0.1) is 17.8 Å². The highest BCUT2D eigenvalue weighted by molar-refractivity contribution is 6.04. The molecule has 0 amide bonds. The van der Waals surface area contributed by atoms with Crippen molar-refractivity contribution < 1.29 is 43.5 Å². The van der Waals surface area contributed by atoms with E-state index in [1.165, 1.54) is 13.2 Å². The molecule has 0 spiro atoms. The lowest BCUT2D eigenvalue weighted by atomic mass is 9.55. The van der Waals surface area contributed by atoms with Gasteiger partial charge in [-0.25, -0.2) is 0 Å². The van der Waals surface area contributed by atoms with Gasteiger partial charge in [-0.1, -0.05) is 62.1 Å². The van der Waals surface area contributed by atoms with Crippen LogP contribution in [0.5, 0.6) is 11.5 Å². The zero-order chi connectivity index (χ0) is 32.6. The number of ether oxygens (including phenoxy) is 5. The van der Waals surface area contributed by atoms with E-state index in [1.54, 1.807) is 19.1 Å².